The van der Waals surface area contributed by atoms with Crippen LogP contribution >= 0.6 is 23.4 Å². The molecule has 0 unspecified atom stereocenters. The van der Waals surface area contributed by atoms with Gasteiger partial charge in [-0.15, -0.1) is 11.8 Å². The van der Waals surface area contributed by atoms with Gasteiger partial charge < -0.3 is 10.6 Å². The van der Waals surface area contributed by atoms with Crippen LogP contribution in [0.1, 0.15) is 47.8 Å². The molecule has 1 heterocycles. The minimum atomic E-state index is -0.266. The van der Waals surface area contributed by atoms with Gasteiger partial charge in [0.1, 0.15) is 5.82 Å². The molecule has 0 fully saturated rings. The molecule has 3 rings (SSSR count). The third-order valence-electron chi connectivity index (χ3n) is 4.59. The fourth-order valence-corrected chi connectivity index (χ4v) is 4.73. The molecule has 2 aromatic rings. The molecule has 0 aliphatic carbocycles. The third kappa shape index (κ3) is 5.28. The summed E-state index contributed by atoms with van der Waals surface area (Å²) in [5.41, 5.74) is 3.28. The largest absolute Gasteiger partial charge is 0.347 e. The molecule has 0 bridgehead atoms. The van der Waals surface area contributed by atoms with Crippen LogP contribution in [0.2, 0.25) is 5.02 Å². The Balaban J connectivity index is 1.73. The van der Waals surface area contributed by atoms with Gasteiger partial charge in [-0.25, -0.2) is 4.39 Å². The highest BCUT2D eigenvalue weighted by atomic mass is 35.5. The molecule has 1 aliphatic heterocycles. The minimum absolute atomic E-state index is 0.0777. The number of hydrogen-bond acceptors (Lipinski definition) is 3. The van der Waals surface area contributed by atoms with Crippen molar-refractivity contribution < 1.29 is 9.18 Å². The van der Waals surface area contributed by atoms with E-state index in [9.17, 15) is 9.18 Å². The Bertz CT molecular complexity index is 862. The van der Waals surface area contributed by atoms with E-state index in [1.54, 1.807) is 11.8 Å². The van der Waals surface area contributed by atoms with Crippen LogP contribution in [0.25, 0.3) is 0 Å². The molecular formula is C22H26ClFN2OS. The Morgan fingerprint density at radius 2 is 1.82 bits per heavy atom. The average Bonchev–Trinajstić information content (AvgIpc) is 2.87. The molecule has 150 valence electrons. The molecular weight excluding hydrogens is 395 g/mol. The maximum atomic E-state index is 14.3. The van der Waals surface area contributed by atoms with Crippen molar-refractivity contribution in [2.75, 3.05) is 13.1 Å². The number of carbonyl (C=O) groups excluding carboxylic acids is 1. The Kier molecular flexibility index (Phi) is 6.69. The number of thioether (sulfide) groups is 1. The summed E-state index contributed by atoms with van der Waals surface area (Å²) in [6, 6.07) is 9.04. The zero-order valence-corrected chi connectivity index (χ0v) is 18.1. The topological polar surface area (TPSA) is 41.1 Å². The van der Waals surface area contributed by atoms with Crippen LogP contribution in [0.4, 0.5) is 4.39 Å². The number of carbonyl (C=O) groups is 1. The molecule has 0 radical (unpaired) electrons. The summed E-state index contributed by atoms with van der Waals surface area (Å²) in [6.07, 6.45) is 1.46. The fraction of sp³-hybridized carbons (Fsp3) is 0.409. The van der Waals surface area contributed by atoms with E-state index in [4.69, 9.17) is 11.6 Å². The Morgan fingerprint density at radius 3 is 2.46 bits per heavy atom. The summed E-state index contributed by atoms with van der Waals surface area (Å²) in [7, 11) is 0. The van der Waals surface area contributed by atoms with Crippen molar-refractivity contribution in [2.24, 2.45) is 0 Å². The minimum Gasteiger partial charge on any atom is -0.347 e. The van der Waals surface area contributed by atoms with Gasteiger partial charge in [0, 0.05) is 21.8 Å². The smallest absolute Gasteiger partial charge is 0.251 e. The zero-order valence-electron chi connectivity index (χ0n) is 16.5. The molecule has 28 heavy (non-hydrogen) atoms. The summed E-state index contributed by atoms with van der Waals surface area (Å²) in [6.45, 7) is 7.49. The van der Waals surface area contributed by atoms with Crippen molar-refractivity contribution >= 4 is 29.3 Å². The second kappa shape index (κ2) is 8.85. The van der Waals surface area contributed by atoms with Crippen molar-refractivity contribution in [2.45, 2.75) is 49.8 Å². The van der Waals surface area contributed by atoms with Gasteiger partial charge >= 0.3 is 0 Å². The standard InChI is InChI=1S/C22H26ClFN2OS/c1-22(2,3)26-21(27)15-6-4-14(5-7-15)13-28-20-17-9-11-25-10-8-16(17)19(24)12-18(20)23/h4-7,12,25H,8-11,13H2,1-3H3,(H,26,27). The van der Waals surface area contributed by atoms with E-state index < -0.39 is 0 Å². The van der Waals surface area contributed by atoms with E-state index in [1.807, 2.05) is 45.0 Å². The lowest BCUT2D eigenvalue weighted by molar-refractivity contribution is 0.0919. The van der Waals surface area contributed by atoms with Crippen LogP contribution in [-0.4, -0.2) is 24.5 Å². The molecule has 1 amide bonds. The second-order valence-electron chi connectivity index (χ2n) is 8.07. The van der Waals surface area contributed by atoms with Gasteiger partial charge in [0.15, 0.2) is 0 Å². The number of amides is 1. The predicted molar refractivity (Wildman–Crippen MR) is 115 cm³/mol. The number of halogens is 2. The first-order chi connectivity index (χ1) is 13.2. The van der Waals surface area contributed by atoms with E-state index in [0.29, 0.717) is 22.8 Å². The van der Waals surface area contributed by atoms with Gasteiger partial charge in [-0.1, -0.05) is 23.7 Å². The molecule has 0 saturated heterocycles. The van der Waals surface area contributed by atoms with Crippen LogP contribution in [-0.2, 0) is 18.6 Å². The molecule has 0 saturated carbocycles. The molecule has 1 aliphatic rings. The molecule has 2 N–H and O–H groups in total. The first kappa shape index (κ1) is 21.2. The highest BCUT2D eigenvalue weighted by Crippen LogP contribution is 2.37. The van der Waals surface area contributed by atoms with Crippen LogP contribution < -0.4 is 10.6 Å². The zero-order chi connectivity index (χ0) is 20.3. The molecule has 3 nitrogen and oxygen atoms in total. The van der Waals surface area contributed by atoms with Crippen molar-refractivity contribution in [1.82, 2.24) is 10.6 Å². The third-order valence-corrected chi connectivity index (χ3v) is 6.23. The van der Waals surface area contributed by atoms with E-state index in [0.717, 1.165) is 41.1 Å². The summed E-state index contributed by atoms with van der Waals surface area (Å²) in [4.78, 5) is 13.2. The Morgan fingerprint density at radius 1 is 1.18 bits per heavy atom. The maximum Gasteiger partial charge on any atom is 0.251 e. The predicted octanol–water partition coefficient (Wildman–Crippen LogP) is 4.99. The lowest BCUT2D eigenvalue weighted by atomic mass is 10.0. The van der Waals surface area contributed by atoms with Crippen LogP contribution in [0.5, 0.6) is 0 Å². The molecule has 0 atom stereocenters. The first-order valence-corrected chi connectivity index (χ1v) is 10.9. The summed E-state index contributed by atoms with van der Waals surface area (Å²) in [5, 5.41) is 6.76. The van der Waals surface area contributed by atoms with Crippen LogP contribution in [0.3, 0.4) is 0 Å². The summed E-state index contributed by atoms with van der Waals surface area (Å²) < 4.78 is 14.3. The van der Waals surface area contributed by atoms with E-state index in [1.165, 1.54) is 6.07 Å². The van der Waals surface area contributed by atoms with E-state index in [2.05, 4.69) is 10.6 Å². The van der Waals surface area contributed by atoms with Crippen molar-refractivity contribution in [3.63, 3.8) is 0 Å². The molecule has 2 aromatic carbocycles. The monoisotopic (exact) mass is 420 g/mol. The second-order valence-corrected chi connectivity index (χ2v) is 9.46. The van der Waals surface area contributed by atoms with E-state index in [-0.39, 0.29) is 17.3 Å². The highest BCUT2D eigenvalue weighted by Gasteiger charge is 2.20. The first-order valence-electron chi connectivity index (χ1n) is 9.49. The van der Waals surface area contributed by atoms with Gasteiger partial charge in [0.05, 0.1) is 5.02 Å². The van der Waals surface area contributed by atoms with Crippen LogP contribution in [0, 0.1) is 5.82 Å². The number of nitrogens with one attached hydrogen (secondary N) is 2. The van der Waals surface area contributed by atoms with Gasteiger partial charge in [-0.05, 0) is 81.6 Å². The molecule has 0 spiro atoms. The normalized spacial score (nSPS) is 14.3. The van der Waals surface area contributed by atoms with Crippen molar-refractivity contribution in [3.8, 4) is 0 Å². The maximum absolute atomic E-state index is 14.3. The van der Waals surface area contributed by atoms with Gasteiger partial charge in [-0.2, -0.15) is 0 Å². The number of hydrogen-bond donors (Lipinski definition) is 2. The summed E-state index contributed by atoms with van der Waals surface area (Å²) in [5.74, 6) is 0.431. The van der Waals surface area contributed by atoms with E-state index >= 15 is 0 Å². The fourth-order valence-electron chi connectivity index (χ4n) is 3.25. The number of fused-ring (bicyclic) bond motifs is 1. The Hall–Kier alpha value is -1.56. The quantitative estimate of drug-likeness (QED) is 0.685. The molecule has 6 heteroatoms. The van der Waals surface area contributed by atoms with Gasteiger partial charge in [0.25, 0.3) is 5.91 Å². The van der Waals surface area contributed by atoms with Gasteiger partial charge in [0.2, 0.25) is 0 Å². The summed E-state index contributed by atoms with van der Waals surface area (Å²) >= 11 is 8.01. The van der Waals surface area contributed by atoms with Crippen LogP contribution in [0.15, 0.2) is 35.2 Å². The number of rotatable bonds is 4. The highest BCUT2D eigenvalue weighted by molar-refractivity contribution is 7.98. The SMILES string of the molecule is CC(C)(C)NC(=O)c1ccc(CSc2c(Cl)cc(F)c3c2CCNCC3)cc1. The lowest BCUT2D eigenvalue weighted by Crippen LogP contribution is -2.40. The van der Waals surface area contributed by atoms with Crippen molar-refractivity contribution in [3.05, 3.63) is 63.4 Å². The van der Waals surface area contributed by atoms with Crippen molar-refractivity contribution in [1.29, 1.82) is 0 Å². The number of benzene rings is 2. The van der Waals surface area contributed by atoms with Gasteiger partial charge in [-0.3, -0.25) is 4.79 Å². The molecule has 0 aromatic heterocycles. The lowest BCUT2D eigenvalue weighted by Gasteiger charge is -2.20. The Labute approximate surface area is 175 Å². The average molecular weight is 421 g/mol.